The van der Waals surface area contributed by atoms with Gasteiger partial charge in [0.2, 0.25) is 10.0 Å². The number of aromatic amines is 1. The third-order valence-corrected chi connectivity index (χ3v) is 3.83. The Morgan fingerprint density at radius 1 is 1.50 bits per heavy atom. The van der Waals surface area contributed by atoms with Gasteiger partial charge in [-0.05, 0) is 18.9 Å². The molecule has 0 aromatic carbocycles. The Kier molecular flexibility index (Phi) is 2.34. The Labute approximate surface area is 82.2 Å². The summed E-state index contributed by atoms with van der Waals surface area (Å²) in [6, 6.07) is 1.38. The average molecular weight is 216 g/mol. The molecule has 1 fully saturated rings. The number of aromatic nitrogens is 1. The van der Waals surface area contributed by atoms with Gasteiger partial charge in [0.25, 0.3) is 0 Å². The summed E-state index contributed by atoms with van der Waals surface area (Å²) in [4.78, 5) is 2.92. The first kappa shape index (κ1) is 9.70. The van der Waals surface area contributed by atoms with E-state index in [4.69, 9.17) is 5.11 Å². The number of rotatable bonds is 3. The molecule has 5 nitrogen and oxygen atoms in total. The molecule has 14 heavy (non-hydrogen) atoms. The highest BCUT2D eigenvalue weighted by molar-refractivity contribution is 7.89. The SMILES string of the molecule is O=S(=O)(NC1CC(O)C1)c1cc[nH]c1. The van der Waals surface area contributed by atoms with E-state index in [1.165, 1.54) is 12.3 Å². The van der Waals surface area contributed by atoms with E-state index in [0.29, 0.717) is 12.8 Å². The van der Waals surface area contributed by atoms with Crippen LogP contribution >= 0.6 is 0 Å². The molecule has 1 heterocycles. The van der Waals surface area contributed by atoms with Gasteiger partial charge in [-0.15, -0.1) is 0 Å². The maximum Gasteiger partial charge on any atom is 0.242 e. The topological polar surface area (TPSA) is 82.2 Å². The molecule has 0 atom stereocenters. The van der Waals surface area contributed by atoms with Crippen molar-refractivity contribution < 1.29 is 13.5 Å². The van der Waals surface area contributed by atoms with Gasteiger partial charge < -0.3 is 10.1 Å². The molecule has 0 aliphatic heterocycles. The molecule has 0 radical (unpaired) electrons. The summed E-state index contributed by atoms with van der Waals surface area (Å²) in [5.74, 6) is 0. The molecule has 0 unspecified atom stereocenters. The third-order valence-electron chi connectivity index (χ3n) is 2.31. The van der Waals surface area contributed by atoms with Crippen molar-refractivity contribution in [3.8, 4) is 0 Å². The Morgan fingerprint density at radius 3 is 2.71 bits per heavy atom. The Bertz CT molecular complexity index is 392. The van der Waals surface area contributed by atoms with E-state index in [9.17, 15) is 8.42 Å². The highest BCUT2D eigenvalue weighted by Gasteiger charge is 2.31. The molecule has 0 bridgehead atoms. The van der Waals surface area contributed by atoms with E-state index in [1.807, 2.05) is 0 Å². The number of sulfonamides is 1. The Balaban J connectivity index is 2.04. The summed E-state index contributed by atoms with van der Waals surface area (Å²) in [6.45, 7) is 0. The van der Waals surface area contributed by atoms with Crippen LogP contribution in [-0.4, -0.2) is 30.7 Å². The Morgan fingerprint density at radius 2 is 2.21 bits per heavy atom. The number of hydrogen-bond acceptors (Lipinski definition) is 3. The van der Waals surface area contributed by atoms with Gasteiger partial charge in [-0.1, -0.05) is 0 Å². The van der Waals surface area contributed by atoms with Crippen molar-refractivity contribution in [2.75, 3.05) is 0 Å². The fourth-order valence-electron chi connectivity index (χ4n) is 1.45. The van der Waals surface area contributed by atoms with Crippen molar-refractivity contribution in [1.29, 1.82) is 0 Å². The van der Waals surface area contributed by atoms with E-state index in [1.54, 1.807) is 6.20 Å². The van der Waals surface area contributed by atoms with Crippen molar-refractivity contribution in [2.24, 2.45) is 0 Å². The zero-order valence-electron chi connectivity index (χ0n) is 7.47. The Hall–Kier alpha value is -0.850. The molecule has 0 amide bonds. The molecular weight excluding hydrogens is 204 g/mol. The number of H-pyrrole nitrogens is 1. The molecular formula is C8H12N2O3S. The maximum absolute atomic E-state index is 11.6. The molecule has 78 valence electrons. The zero-order valence-corrected chi connectivity index (χ0v) is 8.29. The smallest absolute Gasteiger partial charge is 0.242 e. The van der Waals surface area contributed by atoms with Gasteiger partial charge in [0, 0.05) is 18.4 Å². The van der Waals surface area contributed by atoms with E-state index in [-0.39, 0.29) is 17.0 Å². The van der Waals surface area contributed by atoms with Crippen molar-refractivity contribution >= 4 is 10.0 Å². The summed E-state index contributed by atoms with van der Waals surface area (Å²) in [5, 5.41) is 9.00. The van der Waals surface area contributed by atoms with Crippen LogP contribution in [-0.2, 0) is 10.0 Å². The van der Waals surface area contributed by atoms with Crippen molar-refractivity contribution in [2.45, 2.75) is 29.9 Å². The van der Waals surface area contributed by atoms with Crippen molar-refractivity contribution in [3.05, 3.63) is 18.5 Å². The van der Waals surface area contributed by atoms with Crippen LogP contribution in [0.5, 0.6) is 0 Å². The molecule has 1 aromatic rings. The normalized spacial score (nSPS) is 27.2. The fourth-order valence-corrected chi connectivity index (χ4v) is 2.69. The van der Waals surface area contributed by atoms with Crippen LogP contribution in [0, 0.1) is 0 Å². The van der Waals surface area contributed by atoms with Crippen LogP contribution < -0.4 is 4.72 Å². The van der Waals surface area contributed by atoms with Crippen LogP contribution in [0.1, 0.15) is 12.8 Å². The minimum absolute atomic E-state index is 0.120. The largest absolute Gasteiger partial charge is 0.393 e. The zero-order chi connectivity index (χ0) is 10.2. The quantitative estimate of drug-likeness (QED) is 0.655. The molecule has 0 saturated heterocycles. The van der Waals surface area contributed by atoms with Crippen LogP contribution in [0.4, 0.5) is 0 Å². The minimum atomic E-state index is -3.39. The second-order valence-electron chi connectivity index (χ2n) is 3.49. The van der Waals surface area contributed by atoms with Gasteiger partial charge in [-0.25, -0.2) is 13.1 Å². The molecule has 1 saturated carbocycles. The number of aliphatic hydroxyl groups is 1. The van der Waals surface area contributed by atoms with Gasteiger partial charge in [-0.3, -0.25) is 0 Å². The van der Waals surface area contributed by atoms with E-state index >= 15 is 0 Å². The lowest BCUT2D eigenvalue weighted by Crippen LogP contribution is -2.46. The van der Waals surface area contributed by atoms with E-state index in [0.717, 1.165) is 0 Å². The molecule has 1 aromatic heterocycles. The lowest BCUT2D eigenvalue weighted by Gasteiger charge is -2.31. The first-order valence-corrected chi connectivity index (χ1v) is 5.89. The first-order chi connectivity index (χ1) is 6.58. The molecule has 1 aliphatic carbocycles. The van der Waals surface area contributed by atoms with Gasteiger partial charge in [-0.2, -0.15) is 0 Å². The fraction of sp³-hybridized carbons (Fsp3) is 0.500. The molecule has 6 heteroatoms. The van der Waals surface area contributed by atoms with Crippen LogP contribution in [0.25, 0.3) is 0 Å². The monoisotopic (exact) mass is 216 g/mol. The van der Waals surface area contributed by atoms with Crippen LogP contribution in [0.15, 0.2) is 23.4 Å². The van der Waals surface area contributed by atoms with Crippen molar-refractivity contribution in [1.82, 2.24) is 9.71 Å². The average Bonchev–Trinajstić information content (AvgIpc) is 2.52. The lowest BCUT2D eigenvalue weighted by molar-refractivity contribution is 0.0712. The third kappa shape index (κ3) is 1.82. The van der Waals surface area contributed by atoms with E-state index in [2.05, 4.69) is 9.71 Å². The van der Waals surface area contributed by atoms with Crippen LogP contribution in [0.3, 0.4) is 0 Å². The predicted molar refractivity (Wildman–Crippen MR) is 50.1 cm³/mol. The molecule has 0 spiro atoms. The first-order valence-electron chi connectivity index (χ1n) is 4.41. The van der Waals surface area contributed by atoms with Gasteiger partial charge in [0.15, 0.2) is 0 Å². The summed E-state index contributed by atoms with van der Waals surface area (Å²) in [7, 11) is -3.39. The second kappa shape index (κ2) is 3.38. The summed E-state index contributed by atoms with van der Waals surface area (Å²) < 4.78 is 25.7. The minimum Gasteiger partial charge on any atom is -0.393 e. The summed E-state index contributed by atoms with van der Waals surface area (Å²) in [6.07, 6.45) is 3.64. The van der Waals surface area contributed by atoms with Gasteiger partial charge in [0.1, 0.15) is 0 Å². The predicted octanol–water partition coefficient (Wildman–Crippen LogP) is -0.184. The van der Waals surface area contributed by atoms with Gasteiger partial charge >= 0.3 is 0 Å². The highest BCUT2D eigenvalue weighted by atomic mass is 32.2. The maximum atomic E-state index is 11.6. The number of aliphatic hydroxyl groups excluding tert-OH is 1. The van der Waals surface area contributed by atoms with Crippen LogP contribution in [0.2, 0.25) is 0 Å². The number of nitrogens with one attached hydrogen (secondary N) is 2. The summed E-state index contributed by atoms with van der Waals surface area (Å²) >= 11 is 0. The molecule has 1 aliphatic rings. The van der Waals surface area contributed by atoms with E-state index < -0.39 is 10.0 Å². The lowest BCUT2D eigenvalue weighted by atomic mass is 9.91. The molecule has 2 rings (SSSR count). The standard InChI is InChI=1S/C8H12N2O3S/c11-7-3-6(4-7)10-14(12,13)8-1-2-9-5-8/h1-2,5-7,9-11H,3-4H2. The molecule has 3 N–H and O–H groups in total. The van der Waals surface area contributed by atoms with Gasteiger partial charge in [0.05, 0.1) is 11.0 Å². The number of hydrogen-bond donors (Lipinski definition) is 3. The summed E-state index contributed by atoms with van der Waals surface area (Å²) in [5.41, 5.74) is 0. The second-order valence-corrected chi connectivity index (χ2v) is 5.20. The van der Waals surface area contributed by atoms with Crippen molar-refractivity contribution in [3.63, 3.8) is 0 Å². The highest BCUT2D eigenvalue weighted by Crippen LogP contribution is 2.21.